The monoisotopic (exact) mass is 446 g/mol. The van der Waals surface area contributed by atoms with Gasteiger partial charge in [0.05, 0.1) is 6.26 Å². The number of nitrogens with one attached hydrogen (secondary N) is 2. The smallest absolute Gasteiger partial charge is 0.291 e. The van der Waals surface area contributed by atoms with Crippen LogP contribution in [0.15, 0.2) is 65.3 Å². The molecule has 0 aliphatic heterocycles. The first-order valence-electron chi connectivity index (χ1n) is 7.55. The van der Waals surface area contributed by atoms with Crippen LogP contribution in [0.25, 0.3) is 0 Å². The van der Waals surface area contributed by atoms with Crippen molar-refractivity contribution in [3.8, 4) is 0 Å². The van der Waals surface area contributed by atoms with Crippen LogP contribution >= 0.6 is 22.6 Å². The minimum atomic E-state index is -0.358. The number of carbonyl (C=O) groups excluding carboxylic acids is 2. The lowest BCUT2D eigenvalue weighted by Crippen LogP contribution is -2.15. The normalized spacial score (nSPS) is 10.3. The molecule has 1 heterocycles. The van der Waals surface area contributed by atoms with E-state index in [0.29, 0.717) is 11.3 Å². The summed E-state index contributed by atoms with van der Waals surface area (Å²) in [5.41, 5.74) is 2.60. The maximum absolute atomic E-state index is 12.5. The van der Waals surface area contributed by atoms with Crippen LogP contribution in [0.2, 0.25) is 0 Å². The molecule has 0 unspecified atom stereocenters. The number of halogens is 1. The summed E-state index contributed by atoms with van der Waals surface area (Å²) < 4.78 is 6.12. The van der Waals surface area contributed by atoms with E-state index in [-0.39, 0.29) is 17.6 Å². The summed E-state index contributed by atoms with van der Waals surface area (Å²) in [4.78, 5) is 24.6. The van der Waals surface area contributed by atoms with Crippen molar-refractivity contribution in [1.29, 1.82) is 0 Å². The summed E-state index contributed by atoms with van der Waals surface area (Å²) in [6.45, 7) is 1.86. The Labute approximate surface area is 158 Å². The molecule has 25 heavy (non-hydrogen) atoms. The number of hydrogen-bond donors (Lipinski definition) is 2. The summed E-state index contributed by atoms with van der Waals surface area (Å²) in [6.07, 6.45) is 1.44. The van der Waals surface area contributed by atoms with Crippen molar-refractivity contribution >= 4 is 45.8 Å². The van der Waals surface area contributed by atoms with Crippen LogP contribution in [0.5, 0.6) is 0 Å². The predicted octanol–water partition coefficient (Wildman–Crippen LogP) is 4.70. The summed E-state index contributed by atoms with van der Waals surface area (Å²) in [5, 5.41) is 5.62. The van der Waals surface area contributed by atoms with Crippen molar-refractivity contribution < 1.29 is 14.0 Å². The molecule has 2 aromatic carbocycles. The molecule has 0 bridgehead atoms. The highest BCUT2D eigenvalue weighted by Crippen LogP contribution is 2.20. The summed E-state index contributed by atoms with van der Waals surface area (Å²) in [5.74, 6) is -0.383. The molecule has 2 N–H and O–H groups in total. The lowest BCUT2D eigenvalue weighted by Gasteiger charge is -2.10. The van der Waals surface area contributed by atoms with E-state index >= 15 is 0 Å². The van der Waals surface area contributed by atoms with Crippen molar-refractivity contribution in [2.45, 2.75) is 6.92 Å². The molecular weight excluding hydrogens is 431 g/mol. The van der Waals surface area contributed by atoms with Crippen molar-refractivity contribution in [1.82, 2.24) is 0 Å². The first-order valence-corrected chi connectivity index (χ1v) is 8.63. The van der Waals surface area contributed by atoms with Crippen LogP contribution in [-0.2, 0) is 0 Å². The lowest BCUT2D eigenvalue weighted by atomic mass is 10.1. The van der Waals surface area contributed by atoms with E-state index in [2.05, 4.69) is 33.2 Å². The lowest BCUT2D eigenvalue weighted by molar-refractivity contribution is 0.0993. The van der Waals surface area contributed by atoms with Crippen LogP contribution in [0.4, 0.5) is 11.4 Å². The highest BCUT2D eigenvalue weighted by atomic mass is 127. The topological polar surface area (TPSA) is 71.3 Å². The van der Waals surface area contributed by atoms with Crippen LogP contribution in [0.3, 0.4) is 0 Å². The van der Waals surface area contributed by atoms with E-state index in [0.717, 1.165) is 14.8 Å². The third-order valence-corrected chi connectivity index (χ3v) is 4.25. The SMILES string of the molecule is Cc1ccc(C(=O)Nc2cccc(I)c2)cc1NC(=O)c1ccco1. The Kier molecular flexibility index (Phi) is 5.18. The van der Waals surface area contributed by atoms with Crippen molar-refractivity contribution in [2.75, 3.05) is 10.6 Å². The van der Waals surface area contributed by atoms with Crippen molar-refractivity contribution in [3.63, 3.8) is 0 Å². The number of amides is 2. The van der Waals surface area contributed by atoms with Crippen LogP contribution in [-0.4, -0.2) is 11.8 Å². The highest BCUT2D eigenvalue weighted by Gasteiger charge is 2.13. The Morgan fingerprint density at radius 3 is 2.52 bits per heavy atom. The zero-order valence-electron chi connectivity index (χ0n) is 13.4. The van der Waals surface area contributed by atoms with Gasteiger partial charge in [-0.3, -0.25) is 9.59 Å². The Balaban J connectivity index is 1.78. The molecule has 6 heteroatoms. The van der Waals surface area contributed by atoms with Crippen LogP contribution in [0, 0.1) is 10.5 Å². The third-order valence-electron chi connectivity index (χ3n) is 3.58. The van der Waals surface area contributed by atoms with Gasteiger partial charge in [0, 0.05) is 20.5 Å². The van der Waals surface area contributed by atoms with Gasteiger partial charge >= 0.3 is 0 Å². The van der Waals surface area contributed by atoms with Gasteiger partial charge in [-0.2, -0.15) is 0 Å². The Morgan fingerprint density at radius 1 is 0.960 bits per heavy atom. The van der Waals surface area contributed by atoms with Gasteiger partial charge in [0.15, 0.2) is 5.76 Å². The number of hydrogen-bond acceptors (Lipinski definition) is 3. The Morgan fingerprint density at radius 2 is 1.80 bits per heavy atom. The first kappa shape index (κ1) is 17.2. The van der Waals surface area contributed by atoms with Gasteiger partial charge in [-0.1, -0.05) is 12.1 Å². The average Bonchev–Trinajstić information content (AvgIpc) is 3.11. The standard InChI is InChI=1S/C19H15IN2O3/c1-12-7-8-13(18(23)21-15-5-2-4-14(20)11-15)10-16(12)22-19(24)17-6-3-9-25-17/h2-11H,1H3,(H,21,23)(H,22,24). The summed E-state index contributed by atoms with van der Waals surface area (Å²) >= 11 is 2.19. The fourth-order valence-electron chi connectivity index (χ4n) is 2.26. The first-order chi connectivity index (χ1) is 12.0. The second-order valence-corrected chi connectivity index (χ2v) is 6.67. The summed E-state index contributed by atoms with van der Waals surface area (Å²) in [6, 6.07) is 15.9. The van der Waals surface area contributed by atoms with E-state index in [4.69, 9.17) is 4.42 Å². The van der Waals surface area contributed by atoms with Gasteiger partial charge in [0.1, 0.15) is 0 Å². The molecule has 0 aliphatic carbocycles. The van der Waals surface area contributed by atoms with Gasteiger partial charge in [-0.25, -0.2) is 0 Å². The highest BCUT2D eigenvalue weighted by molar-refractivity contribution is 14.1. The molecule has 126 valence electrons. The molecule has 0 saturated heterocycles. The molecule has 0 spiro atoms. The predicted molar refractivity (Wildman–Crippen MR) is 105 cm³/mol. The van der Waals surface area contributed by atoms with E-state index in [1.807, 2.05) is 31.2 Å². The van der Waals surface area contributed by atoms with Gasteiger partial charge < -0.3 is 15.1 Å². The minimum Gasteiger partial charge on any atom is -0.459 e. The quantitative estimate of drug-likeness (QED) is 0.571. The van der Waals surface area contributed by atoms with E-state index in [1.165, 1.54) is 6.26 Å². The number of anilines is 2. The molecule has 1 aromatic heterocycles. The van der Waals surface area contributed by atoms with Crippen molar-refractivity contribution in [3.05, 3.63) is 81.3 Å². The number of aryl methyl sites for hydroxylation is 1. The van der Waals surface area contributed by atoms with Gasteiger partial charge in [0.25, 0.3) is 11.8 Å². The number of rotatable bonds is 4. The molecule has 0 atom stereocenters. The molecule has 0 radical (unpaired) electrons. The van der Waals surface area contributed by atoms with E-state index in [1.54, 1.807) is 30.3 Å². The van der Waals surface area contributed by atoms with Gasteiger partial charge in [-0.15, -0.1) is 0 Å². The molecule has 0 fully saturated rings. The fourth-order valence-corrected chi connectivity index (χ4v) is 2.80. The van der Waals surface area contributed by atoms with E-state index < -0.39 is 0 Å². The molecule has 3 aromatic rings. The molecular formula is C19H15IN2O3. The maximum atomic E-state index is 12.5. The number of furan rings is 1. The van der Waals surface area contributed by atoms with Crippen LogP contribution < -0.4 is 10.6 Å². The number of benzene rings is 2. The Bertz CT molecular complexity index is 920. The zero-order valence-corrected chi connectivity index (χ0v) is 15.5. The third kappa shape index (κ3) is 4.27. The second kappa shape index (κ2) is 7.52. The maximum Gasteiger partial charge on any atom is 0.291 e. The summed E-state index contributed by atoms with van der Waals surface area (Å²) in [7, 11) is 0. The van der Waals surface area contributed by atoms with Gasteiger partial charge in [-0.05, 0) is 77.5 Å². The van der Waals surface area contributed by atoms with Crippen LogP contribution in [0.1, 0.15) is 26.5 Å². The minimum absolute atomic E-state index is 0.216. The molecule has 2 amide bonds. The van der Waals surface area contributed by atoms with E-state index in [9.17, 15) is 9.59 Å². The zero-order chi connectivity index (χ0) is 17.8. The Hall–Kier alpha value is -2.61. The number of carbonyl (C=O) groups is 2. The van der Waals surface area contributed by atoms with Gasteiger partial charge in [0.2, 0.25) is 0 Å². The fraction of sp³-hybridized carbons (Fsp3) is 0.0526. The largest absolute Gasteiger partial charge is 0.459 e. The second-order valence-electron chi connectivity index (χ2n) is 5.43. The molecule has 3 rings (SSSR count). The molecule has 0 aliphatic rings. The molecule has 5 nitrogen and oxygen atoms in total. The average molecular weight is 446 g/mol. The van der Waals surface area contributed by atoms with Crippen molar-refractivity contribution in [2.24, 2.45) is 0 Å². The molecule has 0 saturated carbocycles.